The van der Waals surface area contributed by atoms with Crippen LogP contribution in [-0.2, 0) is 32.2 Å². The van der Waals surface area contributed by atoms with Crippen molar-refractivity contribution in [2.45, 2.75) is 32.2 Å². The SMILES string of the molecule is CCOC(O[SiH3])(OCC)c1cc(C(F)(F)F)cc(C(F)(F)F)c1. The summed E-state index contributed by atoms with van der Waals surface area (Å²) in [4.78, 5) is 0. The van der Waals surface area contributed by atoms with Gasteiger partial charge in [-0.05, 0) is 32.0 Å². The van der Waals surface area contributed by atoms with Gasteiger partial charge >= 0.3 is 18.3 Å². The van der Waals surface area contributed by atoms with Gasteiger partial charge in [0.25, 0.3) is 0 Å². The van der Waals surface area contributed by atoms with E-state index < -0.39 is 35.0 Å². The number of hydrogen-bond donors (Lipinski definition) is 0. The predicted molar refractivity (Wildman–Crippen MR) is 72.4 cm³/mol. The van der Waals surface area contributed by atoms with Gasteiger partial charge < -0.3 is 13.9 Å². The highest BCUT2D eigenvalue weighted by atomic mass is 28.2. The van der Waals surface area contributed by atoms with Gasteiger partial charge in [0.15, 0.2) is 10.5 Å². The highest BCUT2D eigenvalue weighted by molar-refractivity contribution is 5.98. The van der Waals surface area contributed by atoms with E-state index in [1.54, 1.807) is 0 Å². The molecule has 0 fully saturated rings. The highest BCUT2D eigenvalue weighted by Gasteiger charge is 2.41. The zero-order valence-electron chi connectivity index (χ0n) is 12.6. The molecule has 0 amide bonds. The summed E-state index contributed by atoms with van der Waals surface area (Å²) < 4.78 is 93.0. The van der Waals surface area contributed by atoms with Gasteiger partial charge in [0.1, 0.15) is 0 Å². The van der Waals surface area contributed by atoms with Crippen LogP contribution in [0.3, 0.4) is 0 Å². The van der Waals surface area contributed by atoms with E-state index in [1.807, 2.05) is 0 Å². The Kier molecular flexibility index (Phi) is 6.24. The van der Waals surface area contributed by atoms with E-state index in [0.717, 1.165) is 0 Å². The molecule has 1 rings (SSSR count). The van der Waals surface area contributed by atoms with Crippen molar-refractivity contribution in [3.63, 3.8) is 0 Å². The molecule has 1 aromatic rings. The first-order valence-electron chi connectivity index (χ1n) is 6.63. The monoisotopic (exact) mass is 362 g/mol. The second-order valence-electron chi connectivity index (χ2n) is 4.42. The topological polar surface area (TPSA) is 27.7 Å². The third kappa shape index (κ3) is 4.69. The van der Waals surface area contributed by atoms with Crippen LogP contribution in [0.5, 0.6) is 0 Å². The summed E-state index contributed by atoms with van der Waals surface area (Å²) >= 11 is 0. The van der Waals surface area contributed by atoms with Gasteiger partial charge in [-0.1, -0.05) is 0 Å². The third-order valence-corrected chi connectivity index (χ3v) is 3.42. The van der Waals surface area contributed by atoms with E-state index in [4.69, 9.17) is 13.9 Å². The molecule has 0 aliphatic heterocycles. The van der Waals surface area contributed by atoms with E-state index in [1.165, 1.54) is 13.8 Å². The first-order chi connectivity index (χ1) is 10.5. The predicted octanol–water partition coefficient (Wildman–Crippen LogP) is 3.20. The zero-order chi connectivity index (χ0) is 17.9. The van der Waals surface area contributed by atoms with Crippen molar-refractivity contribution in [1.29, 1.82) is 0 Å². The quantitative estimate of drug-likeness (QED) is 0.442. The molecule has 0 heterocycles. The van der Waals surface area contributed by atoms with Crippen LogP contribution in [0.2, 0.25) is 0 Å². The molecule has 3 nitrogen and oxygen atoms in total. The lowest BCUT2D eigenvalue weighted by Crippen LogP contribution is -2.36. The standard InChI is InChI=1S/C13H16F6O3Si/c1-3-20-13(22-23,21-4-2)10-6-8(11(14,15)16)5-9(7-10)12(17,18)19/h5-7H,3-4H2,1-2,23H3. The van der Waals surface area contributed by atoms with Gasteiger partial charge in [0.05, 0.1) is 11.1 Å². The molecule has 0 N–H and O–H groups in total. The summed E-state index contributed by atoms with van der Waals surface area (Å²) in [5.41, 5.74) is -3.40. The van der Waals surface area contributed by atoms with Crippen molar-refractivity contribution >= 4 is 10.5 Å². The molecule has 0 spiro atoms. The van der Waals surface area contributed by atoms with Crippen LogP contribution in [0.15, 0.2) is 18.2 Å². The number of ether oxygens (including phenoxy) is 2. The molecule has 1 aromatic carbocycles. The van der Waals surface area contributed by atoms with E-state index in [2.05, 4.69) is 0 Å². The van der Waals surface area contributed by atoms with Crippen molar-refractivity contribution in [3.8, 4) is 0 Å². The molecule has 0 bridgehead atoms. The maximum Gasteiger partial charge on any atom is 0.416 e. The zero-order valence-corrected chi connectivity index (χ0v) is 14.6. The molecule has 23 heavy (non-hydrogen) atoms. The molecule has 0 unspecified atom stereocenters. The summed E-state index contributed by atoms with van der Waals surface area (Å²) in [5, 5.41) is 0. The fourth-order valence-electron chi connectivity index (χ4n) is 1.96. The highest BCUT2D eigenvalue weighted by Crippen LogP contribution is 2.39. The molecule has 0 aliphatic carbocycles. The summed E-state index contributed by atoms with van der Waals surface area (Å²) in [7, 11) is -0.0288. The first kappa shape index (κ1) is 19.9. The smallest absolute Gasteiger partial charge is 0.376 e. The largest absolute Gasteiger partial charge is 0.416 e. The van der Waals surface area contributed by atoms with E-state index in [0.29, 0.717) is 12.1 Å². The minimum atomic E-state index is -4.95. The summed E-state index contributed by atoms with van der Waals surface area (Å²) in [5.74, 6) is -2.09. The van der Waals surface area contributed by atoms with Gasteiger partial charge in [-0.3, -0.25) is 0 Å². The van der Waals surface area contributed by atoms with Crippen molar-refractivity contribution in [3.05, 3.63) is 34.9 Å². The fourth-order valence-corrected chi connectivity index (χ4v) is 2.43. The van der Waals surface area contributed by atoms with Crippen LogP contribution in [0.25, 0.3) is 0 Å². The number of halogens is 6. The van der Waals surface area contributed by atoms with Crippen molar-refractivity contribution in [1.82, 2.24) is 0 Å². The van der Waals surface area contributed by atoms with Crippen LogP contribution >= 0.6 is 0 Å². The Morgan fingerprint density at radius 3 is 1.39 bits per heavy atom. The van der Waals surface area contributed by atoms with E-state index >= 15 is 0 Å². The fraction of sp³-hybridized carbons (Fsp3) is 0.538. The van der Waals surface area contributed by atoms with Crippen molar-refractivity contribution < 1.29 is 40.2 Å². The number of rotatable bonds is 6. The lowest BCUT2D eigenvalue weighted by atomic mass is 10.0. The summed E-state index contributed by atoms with van der Waals surface area (Å²) in [6, 6.07) is 1.12. The van der Waals surface area contributed by atoms with Crippen LogP contribution in [0.4, 0.5) is 26.3 Å². The van der Waals surface area contributed by atoms with Crippen molar-refractivity contribution in [2.24, 2.45) is 0 Å². The minimum Gasteiger partial charge on any atom is -0.376 e. The summed E-state index contributed by atoms with van der Waals surface area (Å²) in [6.07, 6.45) is -9.91. The first-order valence-corrected chi connectivity index (χ1v) is 7.44. The molecular weight excluding hydrogens is 346 g/mol. The number of alkyl halides is 6. The Morgan fingerprint density at radius 1 is 0.783 bits per heavy atom. The lowest BCUT2D eigenvalue weighted by Gasteiger charge is -2.33. The normalized spacial score (nSPS) is 13.6. The Morgan fingerprint density at radius 2 is 1.13 bits per heavy atom. The van der Waals surface area contributed by atoms with Gasteiger partial charge in [-0.25, -0.2) is 0 Å². The minimum absolute atomic E-state index is 0.0279. The molecule has 10 heteroatoms. The average Bonchev–Trinajstić information content (AvgIpc) is 2.44. The average molecular weight is 362 g/mol. The molecule has 132 valence electrons. The molecular formula is C13H16F6O3Si. The lowest BCUT2D eigenvalue weighted by molar-refractivity contribution is -0.353. The maximum atomic E-state index is 12.9. The molecule has 0 atom stereocenters. The van der Waals surface area contributed by atoms with Crippen LogP contribution < -0.4 is 0 Å². The molecule has 0 saturated heterocycles. The molecule has 0 aliphatic rings. The van der Waals surface area contributed by atoms with Gasteiger partial charge in [0, 0.05) is 18.8 Å². The molecule has 0 radical (unpaired) electrons. The van der Waals surface area contributed by atoms with Gasteiger partial charge in [0.2, 0.25) is 0 Å². The maximum absolute atomic E-state index is 12.9. The second kappa shape index (κ2) is 7.20. The number of benzene rings is 1. The van der Waals surface area contributed by atoms with Gasteiger partial charge in [-0.2, -0.15) is 26.3 Å². The Hall–Kier alpha value is -1.10. The van der Waals surface area contributed by atoms with E-state index in [-0.39, 0.29) is 29.8 Å². The molecule has 0 aromatic heterocycles. The van der Waals surface area contributed by atoms with Crippen LogP contribution in [0.1, 0.15) is 30.5 Å². The molecule has 0 saturated carbocycles. The van der Waals surface area contributed by atoms with E-state index in [9.17, 15) is 26.3 Å². The Labute approximate surface area is 132 Å². The second-order valence-corrected chi connectivity index (χ2v) is 4.83. The van der Waals surface area contributed by atoms with Gasteiger partial charge in [-0.15, -0.1) is 0 Å². The Balaban J connectivity index is 3.60. The Bertz CT molecular complexity index is 491. The van der Waals surface area contributed by atoms with Crippen molar-refractivity contribution in [2.75, 3.05) is 13.2 Å². The van der Waals surface area contributed by atoms with Crippen LogP contribution in [-0.4, -0.2) is 23.7 Å². The summed E-state index contributed by atoms with van der Waals surface area (Å²) in [6.45, 7) is 2.99. The van der Waals surface area contributed by atoms with Crippen LogP contribution in [0, 0.1) is 0 Å². The third-order valence-electron chi connectivity index (χ3n) is 2.88. The number of hydrogen-bond acceptors (Lipinski definition) is 3.